The third-order valence-corrected chi connectivity index (χ3v) is 3.96. The zero-order valence-corrected chi connectivity index (χ0v) is 13.0. The number of carbonyl (C=O) groups is 1. The molecule has 0 radical (unpaired) electrons. The van der Waals surface area contributed by atoms with Gasteiger partial charge >= 0.3 is 0 Å². The Bertz CT molecular complexity index is 838. The van der Waals surface area contributed by atoms with Gasteiger partial charge in [0.15, 0.2) is 0 Å². The van der Waals surface area contributed by atoms with Crippen LogP contribution in [0.5, 0.6) is 0 Å². The van der Waals surface area contributed by atoms with E-state index in [0.29, 0.717) is 12.1 Å². The van der Waals surface area contributed by atoms with E-state index in [9.17, 15) is 9.18 Å². The van der Waals surface area contributed by atoms with Crippen LogP contribution in [0.15, 0.2) is 66.7 Å². The van der Waals surface area contributed by atoms with E-state index >= 15 is 0 Å². The van der Waals surface area contributed by atoms with Crippen molar-refractivity contribution in [3.05, 3.63) is 83.7 Å². The molecule has 23 heavy (non-hydrogen) atoms. The molecular formula is C20H18FNO. The summed E-state index contributed by atoms with van der Waals surface area (Å²) >= 11 is 0. The van der Waals surface area contributed by atoms with E-state index in [0.717, 1.165) is 16.3 Å². The van der Waals surface area contributed by atoms with Gasteiger partial charge in [-0.15, -0.1) is 0 Å². The van der Waals surface area contributed by atoms with Crippen molar-refractivity contribution in [2.75, 3.05) is 7.05 Å². The number of benzene rings is 3. The fourth-order valence-electron chi connectivity index (χ4n) is 2.73. The van der Waals surface area contributed by atoms with Gasteiger partial charge in [-0.3, -0.25) is 4.79 Å². The monoisotopic (exact) mass is 307 g/mol. The van der Waals surface area contributed by atoms with Crippen LogP contribution in [0, 0.1) is 5.82 Å². The van der Waals surface area contributed by atoms with Crippen molar-refractivity contribution in [3.63, 3.8) is 0 Å². The fraction of sp³-hybridized carbons (Fsp3) is 0.150. The van der Waals surface area contributed by atoms with Crippen molar-refractivity contribution in [2.24, 2.45) is 0 Å². The molecule has 3 rings (SSSR count). The summed E-state index contributed by atoms with van der Waals surface area (Å²) in [5, 5.41) is 2.32. The van der Waals surface area contributed by atoms with Gasteiger partial charge in [-0.2, -0.15) is 0 Å². The summed E-state index contributed by atoms with van der Waals surface area (Å²) < 4.78 is 13.2. The van der Waals surface area contributed by atoms with Crippen LogP contribution in [0.25, 0.3) is 10.8 Å². The highest BCUT2D eigenvalue weighted by Crippen LogP contribution is 2.20. The summed E-state index contributed by atoms with van der Waals surface area (Å²) in [7, 11) is 1.78. The van der Waals surface area contributed by atoms with E-state index < -0.39 is 0 Å². The normalized spacial score (nSPS) is 10.7. The summed E-state index contributed by atoms with van der Waals surface area (Å²) in [5.41, 5.74) is 1.80. The van der Waals surface area contributed by atoms with Gasteiger partial charge in [0, 0.05) is 13.6 Å². The molecule has 0 aliphatic rings. The number of fused-ring (bicyclic) bond motifs is 1. The minimum absolute atomic E-state index is 0.0245. The third-order valence-electron chi connectivity index (χ3n) is 3.96. The average molecular weight is 307 g/mol. The number of hydrogen-bond acceptors (Lipinski definition) is 1. The SMILES string of the molecule is CN(Cc1cccc2ccccc12)C(=O)Cc1cccc(F)c1. The van der Waals surface area contributed by atoms with Crippen molar-refractivity contribution < 1.29 is 9.18 Å². The zero-order valence-electron chi connectivity index (χ0n) is 13.0. The molecule has 3 aromatic carbocycles. The minimum Gasteiger partial charge on any atom is -0.341 e. The van der Waals surface area contributed by atoms with E-state index in [1.54, 1.807) is 24.1 Å². The average Bonchev–Trinajstić information content (AvgIpc) is 2.55. The Morgan fingerprint density at radius 2 is 1.74 bits per heavy atom. The molecule has 0 heterocycles. The second-order valence-corrected chi connectivity index (χ2v) is 5.69. The summed E-state index contributed by atoms with van der Waals surface area (Å²) in [5.74, 6) is -0.337. The molecule has 0 bridgehead atoms. The first kappa shape index (κ1) is 15.2. The van der Waals surface area contributed by atoms with Crippen LogP contribution in [0.1, 0.15) is 11.1 Å². The maximum absolute atomic E-state index is 13.2. The molecule has 0 saturated heterocycles. The second-order valence-electron chi connectivity index (χ2n) is 5.69. The van der Waals surface area contributed by atoms with Crippen LogP contribution < -0.4 is 0 Å². The molecular weight excluding hydrogens is 289 g/mol. The zero-order chi connectivity index (χ0) is 16.2. The Labute approximate surface area is 135 Å². The van der Waals surface area contributed by atoms with Crippen LogP contribution in [0.3, 0.4) is 0 Å². The van der Waals surface area contributed by atoms with Crippen LogP contribution in [-0.2, 0) is 17.8 Å². The molecule has 0 atom stereocenters. The number of carbonyl (C=O) groups excluding carboxylic acids is 1. The van der Waals surface area contributed by atoms with E-state index in [1.807, 2.05) is 24.3 Å². The minimum atomic E-state index is -0.313. The molecule has 1 amide bonds. The maximum Gasteiger partial charge on any atom is 0.227 e. The van der Waals surface area contributed by atoms with Crippen LogP contribution >= 0.6 is 0 Å². The molecule has 116 valence electrons. The topological polar surface area (TPSA) is 20.3 Å². The highest BCUT2D eigenvalue weighted by atomic mass is 19.1. The molecule has 0 N–H and O–H groups in total. The van der Waals surface area contributed by atoms with E-state index in [1.165, 1.54) is 12.1 Å². The number of likely N-dealkylation sites (N-methyl/N-ethyl adjacent to an activating group) is 1. The first-order valence-corrected chi connectivity index (χ1v) is 7.58. The fourth-order valence-corrected chi connectivity index (χ4v) is 2.73. The van der Waals surface area contributed by atoms with Crippen LogP contribution in [0.2, 0.25) is 0 Å². The van der Waals surface area contributed by atoms with Crippen LogP contribution in [0.4, 0.5) is 4.39 Å². The molecule has 0 spiro atoms. The molecule has 0 aliphatic heterocycles. The van der Waals surface area contributed by atoms with Crippen molar-refractivity contribution in [1.82, 2.24) is 4.90 Å². The predicted octanol–water partition coefficient (Wildman–Crippen LogP) is 4.18. The highest BCUT2D eigenvalue weighted by Gasteiger charge is 2.12. The largest absolute Gasteiger partial charge is 0.341 e. The lowest BCUT2D eigenvalue weighted by Gasteiger charge is -2.18. The lowest BCUT2D eigenvalue weighted by molar-refractivity contribution is -0.129. The van der Waals surface area contributed by atoms with Gasteiger partial charge in [0.1, 0.15) is 5.82 Å². The molecule has 3 aromatic rings. The Morgan fingerprint density at radius 3 is 2.57 bits per heavy atom. The smallest absolute Gasteiger partial charge is 0.227 e. The van der Waals surface area contributed by atoms with Gasteiger partial charge in [0.25, 0.3) is 0 Å². The van der Waals surface area contributed by atoms with E-state index in [2.05, 4.69) is 18.2 Å². The highest BCUT2D eigenvalue weighted by molar-refractivity contribution is 5.86. The number of amides is 1. The first-order valence-electron chi connectivity index (χ1n) is 7.58. The Hall–Kier alpha value is -2.68. The maximum atomic E-state index is 13.2. The lowest BCUT2D eigenvalue weighted by atomic mass is 10.0. The summed E-state index contributed by atoms with van der Waals surface area (Å²) in [6, 6.07) is 20.4. The molecule has 0 saturated carbocycles. The van der Waals surface area contributed by atoms with Crippen molar-refractivity contribution in [1.29, 1.82) is 0 Å². The summed E-state index contributed by atoms with van der Waals surface area (Å²) in [6.45, 7) is 0.537. The number of halogens is 1. The standard InChI is InChI=1S/C20H18FNO/c1-22(20(23)13-15-6-4-10-18(21)12-15)14-17-9-5-8-16-7-2-3-11-19(16)17/h2-12H,13-14H2,1H3. The van der Waals surface area contributed by atoms with Gasteiger partial charge < -0.3 is 4.90 Å². The van der Waals surface area contributed by atoms with Crippen molar-refractivity contribution in [2.45, 2.75) is 13.0 Å². The molecule has 0 unspecified atom stereocenters. The van der Waals surface area contributed by atoms with E-state index in [4.69, 9.17) is 0 Å². The Balaban J connectivity index is 1.75. The van der Waals surface area contributed by atoms with Crippen LogP contribution in [-0.4, -0.2) is 17.9 Å². The van der Waals surface area contributed by atoms with Gasteiger partial charge in [-0.25, -0.2) is 4.39 Å². The van der Waals surface area contributed by atoms with E-state index in [-0.39, 0.29) is 18.1 Å². The quantitative estimate of drug-likeness (QED) is 0.708. The predicted molar refractivity (Wildman–Crippen MR) is 90.5 cm³/mol. The lowest BCUT2D eigenvalue weighted by Crippen LogP contribution is -2.27. The summed E-state index contributed by atoms with van der Waals surface area (Å²) in [6.07, 6.45) is 0.207. The van der Waals surface area contributed by atoms with Gasteiger partial charge in [-0.1, -0.05) is 54.6 Å². The molecule has 0 fully saturated rings. The molecule has 0 aliphatic carbocycles. The van der Waals surface area contributed by atoms with Gasteiger partial charge in [0.2, 0.25) is 5.91 Å². The summed E-state index contributed by atoms with van der Waals surface area (Å²) in [4.78, 5) is 14.1. The van der Waals surface area contributed by atoms with Gasteiger partial charge in [-0.05, 0) is 34.0 Å². The Morgan fingerprint density at radius 1 is 1.00 bits per heavy atom. The molecule has 3 heteroatoms. The number of nitrogens with zero attached hydrogens (tertiary/aromatic N) is 1. The first-order chi connectivity index (χ1) is 11.1. The molecule has 2 nitrogen and oxygen atoms in total. The van der Waals surface area contributed by atoms with Crippen molar-refractivity contribution >= 4 is 16.7 Å². The van der Waals surface area contributed by atoms with Crippen molar-refractivity contribution in [3.8, 4) is 0 Å². The third kappa shape index (κ3) is 3.57. The second kappa shape index (κ2) is 6.61. The number of rotatable bonds is 4. The Kier molecular flexibility index (Phi) is 4.38. The molecule has 0 aromatic heterocycles. The van der Waals surface area contributed by atoms with Gasteiger partial charge in [0.05, 0.1) is 6.42 Å². The number of hydrogen-bond donors (Lipinski definition) is 0.